The first kappa shape index (κ1) is 19.9. The van der Waals surface area contributed by atoms with Gasteiger partial charge in [0.2, 0.25) is 0 Å². The molecule has 0 saturated carbocycles. The van der Waals surface area contributed by atoms with Gasteiger partial charge in [-0.3, -0.25) is 4.79 Å². The van der Waals surface area contributed by atoms with Gasteiger partial charge in [0.05, 0.1) is 12.5 Å². The largest absolute Gasteiger partial charge is 0.361 e. The number of amides is 1. The Labute approximate surface area is 179 Å². The van der Waals surface area contributed by atoms with Gasteiger partial charge in [-0.15, -0.1) is 22.7 Å². The minimum atomic E-state index is -0.119. The van der Waals surface area contributed by atoms with E-state index in [2.05, 4.69) is 75.0 Å². The lowest BCUT2D eigenvalue weighted by molar-refractivity contribution is -0.674. The molecule has 0 bridgehead atoms. The lowest BCUT2D eigenvalue weighted by Crippen LogP contribution is -2.92. The molecule has 4 N–H and O–H groups in total. The van der Waals surface area contributed by atoms with Crippen LogP contribution in [0.2, 0.25) is 0 Å². The van der Waals surface area contributed by atoms with E-state index >= 15 is 0 Å². The third-order valence-corrected chi connectivity index (χ3v) is 7.20. The van der Waals surface area contributed by atoms with Crippen LogP contribution in [0.4, 0.5) is 0 Å². The molecular formula is C23H26N3OS2+. The van der Waals surface area contributed by atoms with Gasteiger partial charge in [-0.1, -0.05) is 30.3 Å². The van der Waals surface area contributed by atoms with Crippen molar-refractivity contribution < 1.29 is 10.1 Å². The number of carbonyl (C=O) groups excluding carboxylic acids is 1. The molecule has 0 unspecified atom stereocenters. The number of hydrogen-bond donors (Lipinski definition) is 3. The monoisotopic (exact) mass is 424 g/mol. The summed E-state index contributed by atoms with van der Waals surface area (Å²) in [5, 5.41) is 10.7. The minimum Gasteiger partial charge on any atom is -0.361 e. The van der Waals surface area contributed by atoms with Crippen molar-refractivity contribution in [2.75, 3.05) is 13.1 Å². The zero-order chi connectivity index (χ0) is 20.1. The quantitative estimate of drug-likeness (QED) is 0.377. The summed E-state index contributed by atoms with van der Waals surface area (Å²) in [4.78, 5) is 18.6. The Balaban J connectivity index is 1.40. The third kappa shape index (κ3) is 4.78. The molecule has 2 atom stereocenters. The van der Waals surface area contributed by atoms with Crippen LogP contribution >= 0.6 is 22.7 Å². The van der Waals surface area contributed by atoms with E-state index in [1.807, 2.05) is 13.0 Å². The first-order chi connectivity index (χ1) is 14.2. The number of rotatable bonds is 9. The molecule has 0 spiro atoms. The molecule has 0 radical (unpaired) electrons. The van der Waals surface area contributed by atoms with Gasteiger partial charge in [0.1, 0.15) is 0 Å². The number of aromatic amines is 1. The average molecular weight is 425 g/mol. The zero-order valence-electron chi connectivity index (χ0n) is 16.4. The molecule has 0 saturated heterocycles. The second-order valence-electron chi connectivity index (χ2n) is 7.24. The highest BCUT2D eigenvalue weighted by molar-refractivity contribution is 7.10. The molecule has 4 rings (SSSR count). The lowest BCUT2D eigenvalue weighted by Gasteiger charge is -2.17. The van der Waals surface area contributed by atoms with Gasteiger partial charge < -0.3 is 15.6 Å². The van der Waals surface area contributed by atoms with Crippen LogP contribution in [0.3, 0.4) is 0 Å². The van der Waals surface area contributed by atoms with E-state index in [4.69, 9.17) is 0 Å². The molecule has 0 fully saturated rings. The minimum absolute atomic E-state index is 0.102. The molecule has 4 aromatic rings. The number of aromatic nitrogens is 1. The first-order valence-corrected chi connectivity index (χ1v) is 11.7. The second kappa shape index (κ2) is 9.39. The molecule has 150 valence electrons. The van der Waals surface area contributed by atoms with Crippen molar-refractivity contribution in [2.24, 2.45) is 0 Å². The van der Waals surface area contributed by atoms with Crippen molar-refractivity contribution >= 4 is 39.5 Å². The summed E-state index contributed by atoms with van der Waals surface area (Å²) < 4.78 is 0. The number of H-pyrrole nitrogens is 1. The third-order valence-electron chi connectivity index (χ3n) is 5.27. The highest BCUT2D eigenvalue weighted by Crippen LogP contribution is 2.32. The molecule has 4 nitrogen and oxygen atoms in total. The number of carbonyl (C=O) groups is 1. The summed E-state index contributed by atoms with van der Waals surface area (Å²) in [6.45, 7) is 3.51. The van der Waals surface area contributed by atoms with Crippen LogP contribution in [0.25, 0.3) is 10.9 Å². The predicted octanol–water partition coefficient (Wildman–Crippen LogP) is 3.73. The van der Waals surface area contributed by atoms with Crippen LogP contribution < -0.4 is 10.6 Å². The van der Waals surface area contributed by atoms with Gasteiger partial charge in [-0.2, -0.15) is 0 Å². The normalized spacial score (nSPS) is 13.4. The number of benzene rings is 1. The number of para-hydroxylation sites is 1. The van der Waals surface area contributed by atoms with E-state index in [9.17, 15) is 4.79 Å². The Hall–Kier alpha value is -2.41. The molecule has 0 aliphatic heterocycles. The maximum absolute atomic E-state index is 12.5. The van der Waals surface area contributed by atoms with Crippen molar-refractivity contribution in [3.05, 3.63) is 80.8 Å². The fourth-order valence-corrected chi connectivity index (χ4v) is 5.21. The van der Waals surface area contributed by atoms with Gasteiger partial charge in [0.15, 0.2) is 6.04 Å². The Morgan fingerprint density at radius 3 is 2.72 bits per heavy atom. The molecule has 0 aliphatic carbocycles. The highest BCUT2D eigenvalue weighted by Gasteiger charge is 2.24. The van der Waals surface area contributed by atoms with Crippen molar-refractivity contribution in [3.63, 3.8) is 0 Å². The van der Waals surface area contributed by atoms with Crippen LogP contribution in [0.5, 0.6) is 0 Å². The fraction of sp³-hybridized carbons (Fsp3) is 0.261. The number of thiophene rings is 2. The summed E-state index contributed by atoms with van der Waals surface area (Å²) in [7, 11) is 0. The Morgan fingerprint density at radius 1 is 1.10 bits per heavy atom. The van der Waals surface area contributed by atoms with Gasteiger partial charge in [0, 0.05) is 33.4 Å². The Kier molecular flexibility index (Phi) is 6.44. The Bertz CT molecular complexity index is 1040. The van der Waals surface area contributed by atoms with E-state index in [1.165, 1.54) is 20.7 Å². The van der Waals surface area contributed by atoms with E-state index < -0.39 is 0 Å². The first-order valence-electron chi connectivity index (χ1n) is 9.95. The van der Waals surface area contributed by atoms with Crippen LogP contribution in [0.1, 0.15) is 28.2 Å². The van der Waals surface area contributed by atoms with E-state index in [-0.39, 0.29) is 17.9 Å². The van der Waals surface area contributed by atoms with Crippen LogP contribution in [0, 0.1) is 0 Å². The molecule has 29 heavy (non-hydrogen) atoms. The summed E-state index contributed by atoms with van der Waals surface area (Å²) in [6.07, 6.45) is 3.01. The van der Waals surface area contributed by atoms with Crippen molar-refractivity contribution in [2.45, 2.75) is 25.3 Å². The summed E-state index contributed by atoms with van der Waals surface area (Å²) >= 11 is 3.51. The van der Waals surface area contributed by atoms with Crippen LogP contribution in [0.15, 0.2) is 65.5 Å². The fourth-order valence-electron chi connectivity index (χ4n) is 3.64. The lowest BCUT2D eigenvalue weighted by atomic mass is 9.96. The molecular weight excluding hydrogens is 398 g/mol. The Morgan fingerprint density at radius 2 is 1.93 bits per heavy atom. The molecule has 1 aromatic carbocycles. The number of quaternary nitrogens is 1. The smallest absolute Gasteiger partial charge is 0.277 e. The predicted molar refractivity (Wildman–Crippen MR) is 122 cm³/mol. The number of nitrogens with one attached hydrogen (secondary N) is 2. The number of nitrogens with two attached hydrogens (primary N) is 1. The standard InChI is InChI=1S/C23H25N3OS2/c1-16(23(27)24-11-10-17-6-4-12-28-17)25-15-20(22-9-5-13-29-22)19-14-26-21-8-3-2-7-18(19)21/h2-9,12-14,16,20,25-26H,10-11,15H2,1H3,(H,24,27)/p+1/t16-,20-/m0/s1. The van der Waals surface area contributed by atoms with Crippen molar-refractivity contribution in [1.82, 2.24) is 10.3 Å². The van der Waals surface area contributed by atoms with Gasteiger partial charge in [-0.25, -0.2) is 0 Å². The van der Waals surface area contributed by atoms with Gasteiger partial charge in [-0.05, 0) is 47.9 Å². The summed E-state index contributed by atoms with van der Waals surface area (Å²) in [5.74, 6) is 0.359. The maximum Gasteiger partial charge on any atom is 0.277 e. The van der Waals surface area contributed by atoms with Crippen molar-refractivity contribution in [3.8, 4) is 0 Å². The summed E-state index contributed by atoms with van der Waals surface area (Å²) in [5.41, 5.74) is 2.45. The SMILES string of the molecule is C[C@H]([NH2+]C[C@H](c1cccs1)c1c[nH]c2ccccc12)C(=O)NCCc1cccs1. The molecule has 1 amide bonds. The second-order valence-corrected chi connectivity index (χ2v) is 9.25. The van der Waals surface area contributed by atoms with Crippen LogP contribution in [-0.4, -0.2) is 30.0 Å². The van der Waals surface area contributed by atoms with Gasteiger partial charge in [0.25, 0.3) is 5.91 Å². The highest BCUT2D eigenvalue weighted by atomic mass is 32.1. The molecule has 6 heteroatoms. The van der Waals surface area contributed by atoms with Gasteiger partial charge >= 0.3 is 0 Å². The van der Waals surface area contributed by atoms with E-state index in [0.29, 0.717) is 6.54 Å². The molecule has 3 heterocycles. The number of hydrogen-bond acceptors (Lipinski definition) is 3. The number of fused-ring (bicyclic) bond motifs is 1. The average Bonchev–Trinajstić information content (AvgIpc) is 3.50. The van der Waals surface area contributed by atoms with Crippen molar-refractivity contribution in [1.29, 1.82) is 0 Å². The van der Waals surface area contributed by atoms with E-state index in [0.717, 1.165) is 18.5 Å². The van der Waals surface area contributed by atoms with Crippen LogP contribution in [-0.2, 0) is 11.2 Å². The topological polar surface area (TPSA) is 61.5 Å². The summed E-state index contributed by atoms with van der Waals surface area (Å²) in [6, 6.07) is 16.7. The zero-order valence-corrected chi connectivity index (χ0v) is 18.1. The molecule has 0 aliphatic rings. The maximum atomic E-state index is 12.5. The van der Waals surface area contributed by atoms with E-state index in [1.54, 1.807) is 22.7 Å². The molecule has 3 aromatic heterocycles.